The van der Waals surface area contributed by atoms with Crippen molar-refractivity contribution in [2.45, 2.75) is 18.9 Å². The Hall–Kier alpha value is -2.36. The molecule has 0 bridgehead atoms. The molecule has 5 nitrogen and oxygen atoms in total. The van der Waals surface area contributed by atoms with E-state index in [9.17, 15) is 0 Å². The predicted molar refractivity (Wildman–Crippen MR) is 102 cm³/mol. The SMILES string of the molecule is CCOCC1(COc2ccc(Br)cc2)CC(c2cccc(C#N)c2)=NO1. The Morgan fingerprint density at radius 1 is 1.23 bits per heavy atom. The first kappa shape index (κ1) is 18.4. The number of hydrogen-bond donors (Lipinski definition) is 0. The Morgan fingerprint density at radius 3 is 2.77 bits per heavy atom. The van der Waals surface area contributed by atoms with Crippen molar-refractivity contribution in [2.75, 3.05) is 19.8 Å². The van der Waals surface area contributed by atoms with E-state index in [1.54, 1.807) is 6.07 Å². The Balaban J connectivity index is 1.72. The van der Waals surface area contributed by atoms with Crippen LogP contribution in [0.4, 0.5) is 0 Å². The monoisotopic (exact) mass is 414 g/mol. The number of oxime groups is 1. The fourth-order valence-corrected chi connectivity index (χ4v) is 2.94. The molecule has 0 radical (unpaired) electrons. The average Bonchev–Trinajstić information content (AvgIpc) is 3.11. The lowest BCUT2D eigenvalue weighted by molar-refractivity contribution is -0.0983. The lowest BCUT2D eigenvalue weighted by atomic mass is 9.95. The first-order valence-corrected chi connectivity index (χ1v) is 9.15. The minimum atomic E-state index is -0.679. The van der Waals surface area contributed by atoms with Gasteiger partial charge in [-0.05, 0) is 43.3 Å². The van der Waals surface area contributed by atoms with Crippen LogP contribution in [0.2, 0.25) is 0 Å². The molecule has 0 N–H and O–H groups in total. The molecule has 1 atom stereocenters. The van der Waals surface area contributed by atoms with Gasteiger partial charge in [0.05, 0.1) is 24.0 Å². The summed E-state index contributed by atoms with van der Waals surface area (Å²) < 4.78 is 12.5. The highest BCUT2D eigenvalue weighted by Gasteiger charge is 2.41. The molecule has 3 rings (SSSR count). The summed E-state index contributed by atoms with van der Waals surface area (Å²) in [6, 6.07) is 17.1. The maximum atomic E-state index is 9.09. The van der Waals surface area contributed by atoms with Gasteiger partial charge in [0.2, 0.25) is 0 Å². The molecule has 1 unspecified atom stereocenters. The molecule has 0 fully saturated rings. The fourth-order valence-electron chi connectivity index (χ4n) is 2.67. The zero-order valence-electron chi connectivity index (χ0n) is 14.4. The van der Waals surface area contributed by atoms with Crippen LogP contribution in [0.5, 0.6) is 5.75 Å². The van der Waals surface area contributed by atoms with Gasteiger partial charge in [-0.15, -0.1) is 0 Å². The summed E-state index contributed by atoms with van der Waals surface area (Å²) in [5.41, 5.74) is 1.59. The molecule has 134 valence electrons. The molecule has 0 aromatic heterocycles. The van der Waals surface area contributed by atoms with Gasteiger partial charge in [0.15, 0.2) is 5.60 Å². The van der Waals surface area contributed by atoms with Crippen LogP contribution in [0.3, 0.4) is 0 Å². The molecule has 1 heterocycles. The van der Waals surface area contributed by atoms with Gasteiger partial charge >= 0.3 is 0 Å². The van der Waals surface area contributed by atoms with E-state index in [4.69, 9.17) is 19.6 Å². The summed E-state index contributed by atoms with van der Waals surface area (Å²) in [5, 5.41) is 13.3. The topological polar surface area (TPSA) is 63.8 Å². The van der Waals surface area contributed by atoms with Gasteiger partial charge in [-0.3, -0.25) is 0 Å². The highest BCUT2D eigenvalue weighted by atomic mass is 79.9. The molecule has 6 heteroatoms. The van der Waals surface area contributed by atoms with Gasteiger partial charge in [0.1, 0.15) is 12.4 Å². The zero-order chi connectivity index (χ0) is 18.4. The molecule has 0 aliphatic carbocycles. The number of rotatable bonds is 7. The highest BCUT2D eigenvalue weighted by molar-refractivity contribution is 9.10. The molecule has 1 aliphatic heterocycles. The third-order valence-corrected chi connectivity index (χ3v) is 4.58. The number of halogens is 1. The summed E-state index contributed by atoms with van der Waals surface area (Å²) in [6.07, 6.45) is 0.554. The van der Waals surface area contributed by atoms with Gasteiger partial charge < -0.3 is 14.3 Å². The van der Waals surface area contributed by atoms with Gasteiger partial charge in [0, 0.05) is 23.1 Å². The third-order valence-electron chi connectivity index (χ3n) is 4.05. The van der Waals surface area contributed by atoms with Crippen LogP contribution in [0.15, 0.2) is 58.2 Å². The first-order chi connectivity index (χ1) is 12.6. The summed E-state index contributed by atoms with van der Waals surface area (Å²) in [4.78, 5) is 5.77. The second kappa shape index (κ2) is 8.35. The van der Waals surface area contributed by atoms with E-state index in [1.807, 2.05) is 49.4 Å². The minimum absolute atomic E-state index is 0.319. The molecule has 1 aliphatic rings. The number of ether oxygens (including phenoxy) is 2. The molecular formula is C20H19BrN2O3. The van der Waals surface area contributed by atoms with Crippen molar-refractivity contribution in [1.82, 2.24) is 0 Å². The average molecular weight is 415 g/mol. The van der Waals surface area contributed by atoms with Crippen molar-refractivity contribution < 1.29 is 14.3 Å². The Kier molecular flexibility index (Phi) is 5.92. The van der Waals surface area contributed by atoms with Gasteiger partial charge in [-0.2, -0.15) is 5.26 Å². The van der Waals surface area contributed by atoms with Crippen molar-refractivity contribution in [3.63, 3.8) is 0 Å². The van der Waals surface area contributed by atoms with Crippen LogP contribution in [0, 0.1) is 11.3 Å². The Labute approximate surface area is 161 Å². The van der Waals surface area contributed by atoms with Crippen LogP contribution in [-0.4, -0.2) is 31.1 Å². The summed E-state index contributed by atoms with van der Waals surface area (Å²) >= 11 is 3.41. The van der Waals surface area contributed by atoms with E-state index in [0.717, 1.165) is 21.5 Å². The number of benzene rings is 2. The van der Waals surface area contributed by atoms with Gasteiger partial charge in [-0.1, -0.05) is 33.2 Å². The van der Waals surface area contributed by atoms with Crippen molar-refractivity contribution in [1.29, 1.82) is 5.26 Å². The minimum Gasteiger partial charge on any atom is -0.489 e. The van der Waals surface area contributed by atoms with Crippen LogP contribution >= 0.6 is 15.9 Å². The van der Waals surface area contributed by atoms with E-state index in [1.165, 1.54) is 0 Å². The number of nitrogens with zero attached hydrogens (tertiary/aromatic N) is 2. The lowest BCUT2D eigenvalue weighted by Gasteiger charge is -2.26. The van der Waals surface area contributed by atoms with E-state index in [2.05, 4.69) is 27.2 Å². The molecule has 26 heavy (non-hydrogen) atoms. The molecule has 0 saturated carbocycles. The van der Waals surface area contributed by atoms with Crippen LogP contribution < -0.4 is 4.74 Å². The van der Waals surface area contributed by atoms with Crippen LogP contribution in [0.25, 0.3) is 0 Å². The molecule has 2 aromatic rings. The molecule has 0 spiro atoms. The third kappa shape index (κ3) is 4.43. The van der Waals surface area contributed by atoms with Crippen LogP contribution in [0.1, 0.15) is 24.5 Å². The molecular weight excluding hydrogens is 396 g/mol. The smallest absolute Gasteiger partial charge is 0.199 e. The van der Waals surface area contributed by atoms with Crippen molar-refractivity contribution in [3.05, 3.63) is 64.1 Å². The maximum absolute atomic E-state index is 9.09. The second-order valence-electron chi connectivity index (χ2n) is 6.06. The molecule has 0 saturated heterocycles. The van der Waals surface area contributed by atoms with E-state index < -0.39 is 5.60 Å². The van der Waals surface area contributed by atoms with Crippen LogP contribution in [-0.2, 0) is 9.57 Å². The zero-order valence-corrected chi connectivity index (χ0v) is 16.0. The lowest BCUT2D eigenvalue weighted by Crippen LogP contribution is -2.41. The van der Waals surface area contributed by atoms with E-state index >= 15 is 0 Å². The van der Waals surface area contributed by atoms with E-state index in [-0.39, 0.29) is 0 Å². The standard InChI is InChI=1S/C20H19BrN2O3/c1-2-24-13-20(14-25-18-8-6-17(21)7-9-18)11-19(23-26-20)16-5-3-4-15(10-16)12-22/h3-10H,2,11,13-14H2,1H3. The maximum Gasteiger partial charge on any atom is 0.199 e. The van der Waals surface area contributed by atoms with E-state index in [0.29, 0.717) is 31.8 Å². The normalized spacial score (nSPS) is 18.7. The Morgan fingerprint density at radius 2 is 2.04 bits per heavy atom. The largest absolute Gasteiger partial charge is 0.489 e. The number of hydrogen-bond acceptors (Lipinski definition) is 5. The Bertz CT molecular complexity index is 830. The van der Waals surface area contributed by atoms with Gasteiger partial charge in [0.25, 0.3) is 0 Å². The fraction of sp³-hybridized carbons (Fsp3) is 0.300. The number of nitriles is 1. The van der Waals surface area contributed by atoms with Gasteiger partial charge in [-0.25, -0.2) is 0 Å². The van der Waals surface area contributed by atoms with Crippen molar-refractivity contribution in [2.24, 2.45) is 5.16 Å². The predicted octanol–water partition coefficient (Wildman–Crippen LogP) is 4.30. The van der Waals surface area contributed by atoms with Crippen molar-refractivity contribution >= 4 is 21.6 Å². The first-order valence-electron chi connectivity index (χ1n) is 8.36. The summed E-state index contributed by atoms with van der Waals surface area (Å²) in [7, 11) is 0. The molecule has 2 aromatic carbocycles. The second-order valence-corrected chi connectivity index (χ2v) is 6.98. The summed E-state index contributed by atoms with van der Waals surface area (Å²) in [5.74, 6) is 0.757. The summed E-state index contributed by atoms with van der Waals surface area (Å²) in [6.45, 7) is 3.23. The molecule has 0 amide bonds. The quantitative estimate of drug-likeness (QED) is 0.677. The van der Waals surface area contributed by atoms with Crippen molar-refractivity contribution in [3.8, 4) is 11.8 Å². The highest BCUT2D eigenvalue weighted by Crippen LogP contribution is 2.29.